The standard InChI is InChI=1S/C22H17NO3S/c1-25-19-11-16(13-24)12-20-21(19)23-22(27-20)17-7-9-18(10-8-17)26-14-15-5-3-2-4-6-15/h2-13H,14H2,1H3. The molecule has 0 aliphatic heterocycles. The van der Waals surface area contributed by atoms with Crippen LogP contribution in [0.1, 0.15) is 15.9 Å². The van der Waals surface area contributed by atoms with Crippen LogP contribution < -0.4 is 9.47 Å². The largest absolute Gasteiger partial charge is 0.494 e. The number of hydrogen-bond donors (Lipinski definition) is 0. The maximum atomic E-state index is 11.1. The molecule has 4 aromatic rings. The van der Waals surface area contributed by atoms with E-state index in [-0.39, 0.29) is 0 Å². The molecule has 4 rings (SSSR count). The molecule has 134 valence electrons. The number of hydrogen-bond acceptors (Lipinski definition) is 5. The number of benzene rings is 3. The summed E-state index contributed by atoms with van der Waals surface area (Å²) >= 11 is 1.53. The van der Waals surface area contributed by atoms with Crippen molar-refractivity contribution in [1.29, 1.82) is 0 Å². The van der Waals surface area contributed by atoms with Gasteiger partial charge < -0.3 is 9.47 Å². The average molecular weight is 375 g/mol. The first-order valence-corrected chi connectivity index (χ1v) is 9.29. The van der Waals surface area contributed by atoms with Gasteiger partial charge in [-0.15, -0.1) is 11.3 Å². The van der Waals surface area contributed by atoms with E-state index in [0.29, 0.717) is 17.9 Å². The third kappa shape index (κ3) is 3.68. The fraction of sp³-hybridized carbons (Fsp3) is 0.0909. The highest BCUT2D eigenvalue weighted by molar-refractivity contribution is 7.21. The highest BCUT2D eigenvalue weighted by Gasteiger charge is 2.12. The number of thiazole rings is 1. The molecule has 3 aromatic carbocycles. The number of carbonyl (C=O) groups is 1. The van der Waals surface area contributed by atoms with Crippen molar-refractivity contribution in [3.8, 4) is 22.1 Å². The van der Waals surface area contributed by atoms with Crippen molar-refractivity contribution in [2.75, 3.05) is 7.11 Å². The lowest BCUT2D eigenvalue weighted by molar-refractivity contribution is 0.112. The predicted molar refractivity (Wildman–Crippen MR) is 108 cm³/mol. The molecular weight excluding hydrogens is 358 g/mol. The van der Waals surface area contributed by atoms with Crippen molar-refractivity contribution >= 4 is 27.8 Å². The Kier molecular flexibility index (Phi) is 4.85. The number of aldehydes is 1. The molecule has 1 aromatic heterocycles. The number of fused-ring (bicyclic) bond motifs is 1. The maximum absolute atomic E-state index is 11.1. The van der Waals surface area contributed by atoms with E-state index >= 15 is 0 Å². The molecule has 0 radical (unpaired) electrons. The Balaban J connectivity index is 1.57. The van der Waals surface area contributed by atoms with Crippen LogP contribution in [0.5, 0.6) is 11.5 Å². The van der Waals surface area contributed by atoms with E-state index in [0.717, 1.165) is 38.4 Å². The highest BCUT2D eigenvalue weighted by Crippen LogP contribution is 2.36. The Labute approximate surface area is 161 Å². The van der Waals surface area contributed by atoms with Gasteiger partial charge in [-0.05, 0) is 42.0 Å². The molecular formula is C22H17NO3S. The van der Waals surface area contributed by atoms with Gasteiger partial charge in [0.1, 0.15) is 34.9 Å². The molecule has 0 aliphatic rings. The minimum atomic E-state index is 0.535. The zero-order chi connectivity index (χ0) is 18.6. The Morgan fingerprint density at radius 2 is 1.81 bits per heavy atom. The number of methoxy groups -OCH3 is 1. The van der Waals surface area contributed by atoms with Crippen LogP contribution in [0, 0.1) is 0 Å². The van der Waals surface area contributed by atoms with Gasteiger partial charge in [0.25, 0.3) is 0 Å². The molecule has 27 heavy (non-hydrogen) atoms. The zero-order valence-electron chi connectivity index (χ0n) is 14.7. The van der Waals surface area contributed by atoms with Crippen molar-refractivity contribution in [2.45, 2.75) is 6.61 Å². The van der Waals surface area contributed by atoms with Crippen LogP contribution in [-0.2, 0) is 6.61 Å². The summed E-state index contributed by atoms with van der Waals surface area (Å²) in [6.07, 6.45) is 0.820. The van der Waals surface area contributed by atoms with Crippen molar-refractivity contribution in [2.24, 2.45) is 0 Å². The van der Waals surface area contributed by atoms with Crippen LogP contribution in [0.4, 0.5) is 0 Å². The third-order valence-electron chi connectivity index (χ3n) is 4.19. The van der Waals surface area contributed by atoms with Crippen LogP contribution in [0.3, 0.4) is 0 Å². The van der Waals surface area contributed by atoms with Crippen molar-refractivity contribution in [1.82, 2.24) is 4.98 Å². The van der Waals surface area contributed by atoms with E-state index in [4.69, 9.17) is 9.47 Å². The van der Waals surface area contributed by atoms with Gasteiger partial charge in [0.2, 0.25) is 0 Å². The van der Waals surface area contributed by atoms with Crippen molar-refractivity contribution in [3.05, 3.63) is 77.9 Å². The summed E-state index contributed by atoms with van der Waals surface area (Å²) < 4.78 is 12.1. The molecule has 0 N–H and O–H groups in total. The third-order valence-corrected chi connectivity index (χ3v) is 5.24. The summed E-state index contributed by atoms with van der Waals surface area (Å²) in [5.74, 6) is 1.42. The normalized spacial score (nSPS) is 10.7. The molecule has 0 saturated heterocycles. The molecule has 0 spiro atoms. The van der Waals surface area contributed by atoms with Crippen molar-refractivity contribution in [3.63, 3.8) is 0 Å². The van der Waals surface area contributed by atoms with E-state index in [1.54, 1.807) is 13.2 Å². The number of aromatic nitrogens is 1. The molecule has 0 saturated carbocycles. The quantitative estimate of drug-likeness (QED) is 0.426. The van der Waals surface area contributed by atoms with Crippen molar-refractivity contribution < 1.29 is 14.3 Å². The van der Waals surface area contributed by atoms with Gasteiger partial charge in [0, 0.05) is 11.1 Å². The second-order valence-corrected chi connectivity index (χ2v) is 7.04. The second kappa shape index (κ2) is 7.60. The molecule has 0 amide bonds. The summed E-state index contributed by atoms with van der Waals surface area (Å²) in [4.78, 5) is 15.8. The molecule has 5 heteroatoms. The summed E-state index contributed by atoms with van der Waals surface area (Å²) in [6, 6.07) is 21.5. The second-order valence-electron chi connectivity index (χ2n) is 6.01. The summed E-state index contributed by atoms with van der Waals surface area (Å²) in [7, 11) is 1.58. The number of rotatable bonds is 6. The van der Waals surface area contributed by atoms with Crippen LogP contribution >= 0.6 is 11.3 Å². The van der Waals surface area contributed by atoms with Gasteiger partial charge in [0.05, 0.1) is 11.8 Å². The predicted octanol–water partition coefficient (Wildman–Crippen LogP) is 5.36. The monoisotopic (exact) mass is 375 g/mol. The first kappa shape index (κ1) is 17.2. The Morgan fingerprint density at radius 3 is 2.52 bits per heavy atom. The van der Waals surface area contributed by atoms with E-state index < -0.39 is 0 Å². The first-order chi connectivity index (χ1) is 13.3. The number of ether oxygens (including phenoxy) is 2. The van der Waals surface area contributed by atoms with Gasteiger partial charge in [-0.2, -0.15) is 0 Å². The maximum Gasteiger partial charge on any atom is 0.150 e. The van der Waals surface area contributed by atoms with E-state index in [1.165, 1.54) is 11.3 Å². The molecule has 0 unspecified atom stereocenters. The Morgan fingerprint density at radius 1 is 1.04 bits per heavy atom. The zero-order valence-corrected chi connectivity index (χ0v) is 15.5. The van der Waals surface area contributed by atoms with Crippen LogP contribution in [0.2, 0.25) is 0 Å². The number of carbonyl (C=O) groups excluding carboxylic acids is 1. The fourth-order valence-corrected chi connectivity index (χ4v) is 3.84. The smallest absolute Gasteiger partial charge is 0.150 e. The van der Waals surface area contributed by atoms with E-state index in [9.17, 15) is 4.79 Å². The van der Waals surface area contributed by atoms with E-state index in [1.807, 2.05) is 60.7 Å². The van der Waals surface area contributed by atoms with Gasteiger partial charge in [-0.3, -0.25) is 4.79 Å². The molecule has 0 atom stereocenters. The summed E-state index contributed by atoms with van der Waals surface area (Å²) in [5.41, 5.74) is 3.48. The Hall–Kier alpha value is -3.18. The summed E-state index contributed by atoms with van der Waals surface area (Å²) in [5, 5.41) is 0.876. The lowest BCUT2D eigenvalue weighted by atomic mass is 10.2. The minimum absolute atomic E-state index is 0.535. The van der Waals surface area contributed by atoms with Crippen LogP contribution in [0.25, 0.3) is 20.8 Å². The van der Waals surface area contributed by atoms with Gasteiger partial charge in [0.15, 0.2) is 0 Å². The molecule has 0 bridgehead atoms. The highest BCUT2D eigenvalue weighted by atomic mass is 32.1. The molecule has 4 nitrogen and oxygen atoms in total. The van der Waals surface area contributed by atoms with Gasteiger partial charge >= 0.3 is 0 Å². The van der Waals surface area contributed by atoms with Gasteiger partial charge in [-0.25, -0.2) is 4.98 Å². The van der Waals surface area contributed by atoms with Crippen LogP contribution in [0.15, 0.2) is 66.7 Å². The lowest BCUT2D eigenvalue weighted by Crippen LogP contribution is -1.94. The SMILES string of the molecule is COc1cc(C=O)cc2sc(-c3ccc(OCc4ccccc4)cc3)nc12. The Bertz CT molecular complexity index is 1070. The lowest BCUT2D eigenvalue weighted by Gasteiger charge is -2.06. The molecule has 1 heterocycles. The number of nitrogens with zero attached hydrogens (tertiary/aromatic N) is 1. The van der Waals surface area contributed by atoms with Crippen LogP contribution in [-0.4, -0.2) is 18.4 Å². The minimum Gasteiger partial charge on any atom is -0.494 e. The molecule has 0 aliphatic carbocycles. The average Bonchev–Trinajstić information content (AvgIpc) is 3.16. The van der Waals surface area contributed by atoms with Gasteiger partial charge in [-0.1, -0.05) is 30.3 Å². The van der Waals surface area contributed by atoms with E-state index in [2.05, 4.69) is 4.98 Å². The fourth-order valence-electron chi connectivity index (χ4n) is 2.80. The summed E-state index contributed by atoms with van der Waals surface area (Å²) in [6.45, 7) is 0.535. The first-order valence-electron chi connectivity index (χ1n) is 8.48. The molecule has 0 fully saturated rings. The topological polar surface area (TPSA) is 48.4 Å².